The molecule has 1 saturated heterocycles. The number of carboxylic acids is 1. The Morgan fingerprint density at radius 2 is 2.16 bits per heavy atom. The highest BCUT2D eigenvalue weighted by Gasteiger charge is 2.28. The minimum atomic E-state index is -0.793. The van der Waals surface area contributed by atoms with Gasteiger partial charge in [0.05, 0.1) is 11.7 Å². The quantitative estimate of drug-likeness (QED) is 0.865. The van der Waals surface area contributed by atoms with Crippen LogP contribution in [0.3, 0.4) is 0 Å². The molecule has 1 aromatic carbocycles. The zero-order valence-corrected chi connectivity index (χ0v) is 14.4. The van der Waals surface area contributed by atoms with Gasteiger partial charge in [-0.3, -0.25) is 14.7 Å². The smallest absolute Gasteiger partial charge is 0.303 e. The average molecular weight is 342 g/mol. The van der Waals surface area contributed by atoms with E-state index in [0.29, 0.717) is 18.5 Å². The fraction of sp³-hybridized carbons (Fsp3) is 0.400. The lowest BCUT2D eigenvalue weighted by Gasteiger charge is -2.25. The summed E-state index contributed by atoms with van der Waals surface area (Å²) in [6.45, 7) is 3.42. The van der Waals surface area contributed by atoms with Crippen LogP contribution >= 0.6 is 0 Å². The third-order valence-electron chi connectivity index (χ3n) is 4.70. The summed E-state index contributed by atoms with van der Waals surface area (Å²) < 4.78 is 14.0. The maximum atomic E-state index is 14.0. The van der Waals surface area contributed by atoms with Crippen LogP contribution in [-0.2, 0) is 17.8 Å². The first kappa shape index (κ1) is 17.5. The summed E-state index contributed by atoms with van der Waals surface area (Å²) in [7, 11) is 0. The summed E-state index contributed by atoms with van der Waals surface area (Å²) >= 11 is 0. The molecule has 0 bridgehead atoms. The summed E-state index contributed by atoms with van der Waals surface area (Å²) in [6, 6.07) is 11.0. The molecule has 0 radical (unpaired) electrons. The molecule has 1 aliphatic rings. The van der Waals surface area contributed by atoms with Crippen LogP contribution < -0.4 is 0 Å². The summed E-state index contributed by atoms with van der Waals surface area (Å²) in [4.78, 5) is 17.8. The number of likely N-dealkylation sites (tertiary alicyclic amines) is 1. The average Bonchev–Trinajstić information content (AvgIpc) is 3.03. The number of nitrogens with zero attached hydrogens (tertiary/aromatic N) is 2. The molecule has 0 aliphatic carbocycles. The first-order valence-corrected chi connectivity index (χ1v) is 8.69. The first-order chi connectivity index (χ1) is 12.0. The van der Waals surface area contributed by atoms with Crippen molar-refractivity contribution in [2.75, 3.05) is 6.54 Å². The number of aromatic nitrogens is 1. The van der Waals surface area contributed by atoms with Crippen LogP contribution in [0, 0.1) is 12.7 Å². The molecule has 1 fully saturated rings. The number of benzene rings is 1. The minimum absolute atomic E-state index is 0.118. The van der Waals surface area contributed by atoms with Gasteiger partial charge in [-0.2, -0.15) is 0 Å². The summed E-state index contributed by atoms with van der Waals surface area (Å²) in [5.74, 6) is -0.967. The van der Waals surface area contributed by atoms with Crippen LogP contribution in [0.15, 0.2) is 36.4 Å². The monoisotopic (exact) mass is 342 g/mol. The Morgan fingerprint density at radius 3 is 2.92 bits per heavy atom. The second-order valence-corrected chi connectivity index (χ2v) is 6.66. The highest BCUT2D eigenvalue weighted by Crippen LogP contribution is 2.33. The topological polar surface area (TPSA) is 53.4 Å². The van der Waals surface area contributed by atoms with Gasteiger partial charge in [-0.25, -0.2) is 4.39 Å². The molecule has 2 aromatic rings. The fourth-order valence-electron chi connectivity index (χ4n) is 3.53. The maximum Gasteiger partial charge on any atom is 0.303 e. The number of carboxylic acid groups (broad SMARTS) is 1. The molecular formula is C20H23FN2O2. The second kappa shape index (κ2) is 7.74. The number of carbonyl (C=O) groups is 1. The molecule has 0 spiro atoms. The summed E-state index contributed by atoms with van der Waals surface area (Å²) in [5.41, 5.74) is 3.57. The molecule has 0 unspecified atom stereocenters. The van der Waals surface area contributed by atoms with Crippen molar-refractivity contribution in [1.82, 2.24) is 9.88 Å². The van der Waals surface area contributed by atoms with Crippen molar-refractivity contribution in [3.05, 3.63) is 64.7 Å². The molecule has 1 aliphatic heterocycles. The van der Waals surface area contributed by atoms with Gasteiger partial charge in [-0.1, -0.05) is 18.2 Å². The van der Waals surface area contributed by atoms with Gasteiger partial charge in [0.15, 0.2) is 0 Å². The molecule has 1 atom stereocenters. The van der Waals surface area contributed by atoms with Crippen molar-refractivity contribution in [2.45, 2.75) is 45.2 Å². The van der Waals surface area contributed by atoms with E-state index in [9.17, 15) is 9.18 Å². The van der Waals surface area contributed by atoms with E-state index < -0.39 is 5.97 Å². The lowest BCUT2D eigenvalue weighted by molar-refractivity contribution is -0.136. The van der Waals surface area contributed by atoms with Crippen LogP contribution in [0.5, 0.6) is 0 Å². The van der Waals surface area contributed by atoms with Gasteiger partial charge in [0, 0.05) is 24.2 Å². The lowest BCUT2D eigenvalue weighted by atomic mass is 10.0. The zero-order valence-electron chi connectivity index (χ0n) is 14.4. The molecule has 3 rings (SSSR count). The van der Waals surface area contributed by atoms with Gasteiger partial charge in [-0.15, -0.1) is 0 Å². The second-order valence-electron chi connectivity index (χ2n) is 6.66. The van der Waals surface area contributed by atoms with Crippen molar-refractivity contribution < 1.29 is 14.3 Å². The van der Waals surface area contributed by atoms with Crippen molar-refractivity contribution >= 4 is 5.97 Å². The molecule has 1 N–H and O–H groups in total. The third-order valence-corrected chi connectivity index (χ3v) is 4.70. The Bertz CT molecular complexity index is 763. The Morgan fingerprint density at radius 1 is 1.36 bits per heavy atom. The molecule has 25 heavy (non-hydrogen) atoms. The summed E-state index contributed by atoms with van der Waals surface area (Å²) in [6.07, 6.45) is 2.67. The van der Waals surface area contributed by atoms with E-state index in [4.69, 9.17) is 5.11 Å². The fourth-order valence-corrected chi connectivity index (χ4v) is 3.53. The van der Waals surface area contributed by atoms with Gasteiger partial charge in [0.1, 0.15) is 5.82 Å². The lowest BCUT2D eigenvalue weighted by Crippen LogP contribution is -2.24. The van der Waals surface area contributed by atoms with Gasteiger partial charge >= 0.3 is 5.97 Å². The molecule has 132 valence electrons. The van der Waals surface area contributed by atoms with E-state index in [1.54, 1.807) is 6.07 Å². The van der Waals surface area contributed by atoms with Gasteiger partial charge in [0.25, 0.3) is 0 Å². The van der Waals surface area contributed by atoms with Gasteiger partial charge in [-0.05, 0) is 56.5 Å². The standard InChI is InChI=1S/C20H23FN2O2/c1-14-11-15(8-9-20(24)25)12-18(22-14)19-7-4-10-23(19)13-16-5-2-3-6-17(16)21/h2-3,5-6,11-12,19H,4,7-10,13H2,1H3,(H,24,25)/t19-/m0/s1. The van der Waals surface area contributed by atoms with E-state index in [2.05, 4.69) is 9.88 Å². The molecular weight excluding hydrogens is 319 g/mol. The van der Waals surface area contributed by atoms with Crippen molar-refractivity contribution in [2.24, 2.45) is 0 Å². The third kappa shape index (κ3) is 4.42. The van der Waals surface area contributed by atoms with E-state index in [1.807, 2.05) is 31.2 Å². The van der Waals surface area contributed by atoms with Crippen LogP contribution in [0.1, 0.15) is 47.8 Å². The van der Waals surface area contributed by atoms with Gasteiger partial charge in [0.2, 0.25) is 0 Å². The van der Waals surface area contributed by atoms with Crippen molar-refractivity contribution in [1.29, 1.82) is 0 Å². The Balaban J connectivity index is 1.79. The Hall–Kier alpha value is -2.27. The Labute approximate surface area is 147 Å². The van der Waals surface area contributed by atoms with E-state index >= 15 is 0 Å². The van der Waals surface area contributed by atoms with Gasteiger partial charge < -0.3 is 5.11 Å². The maximum absolute atomic E-state index is 14.0. The number of rotatable bonds is 6. The van der Waals surface area contributed by atoms with Crippen LogP contribution in [0.2, 0.25) is 0 Å². The molecule has 0 amide bonds. The van der Waals surface area contributed by atoms with Crippen molar-refractivity contribution in [3.63, 3.8) is 0 Å². The number of hydrogen-bond acceptors (Lipinski definition) is 3. The van der Waals surface area contributed by atoms with Crippen LogP contribution in [-0.4, -0.2) is 27.5 Å². The first-order valence-electron chi connectivity index (χ1n) is 8.69. The zero-order chi connectivity index (χ0) is 17.8. The molecule has 0 saturated carbocycles. The highest BCUT2D eigenvalue weighted by molar-refractivity contribution is 5.67. The molecule has 5 heteroatoms. The number of pyridine rings is 1. The Kier molecular flexibility index (Phi) is 5.43. The van der Waals surface area contributed by atoms with E-state index in [0.717, 1.165) is 36.3 Å². The number of aryl methyl sites for hydroxylation is 2. The van der Waals surface area contributed by atoms with Crippen LogP contribution in [0.4, 0.5) is 4.39 Å². The number of hydrogen-bond donors (Lipinski definition) is 1. The van der Waals surface area contributed by atoms with E-state index in [1.165, 1.54) is 6.07 Å². The number of aliphatic carboxylic acids is 1. The normalized spacial score (nSPS) is 17.8. The molecule has 1 aromatic heterocycles. The molecule has 4 nitrogen and oxygen atoms in total. The van der Waals surface area contributed by atoms with Crippen LogP contribution in [0.25, 0.3) is 0 Å². The highest BCUT2D eigenvalue weighted by atomic mass is 19.1. The number of halogens is 1. The van der Waals surface area contributed by atoms with Crippen molar-refractivity contribution in [3.8, 4) is 0 Å². The predicted octanol–water partition coefficient (Wildman–Crippen LogP) is 3.88. The van der Waals surface area contributed by atoms with E-state index in [-0.39, 0.29) is 18.3 Å². The molecule has 2 heterocycles. The largest absolute Gasteiger partial charge is 0.481 e. The predicted molar refractivity (Wildman–Crippen MR) is 93.7 cm³/mol. The minimum Gasteiger partial charge on any atom is -0.481 e. The SMILES string of the molecule is Cc1cc(CCC(=O)O)cc([C@@H]2CCCN2Cc2ccccc2F)n1. The summed E-state index contributed by atoms with van der Waals surface area (Å²) in [5, 5.41) is 8.90.